The second kappa shape index (κ2) is 2.62. The summed E-state index contributed by atoms with van der Waals surface area (Å²) in [5, 5.41) is 6.01. The van der Waals surface area contributed by atoms with Gasteiger partial charge in [-0.3, -0.25) is 0 Å². The lowest BCUT2D eigenvalue weighted by Gasteiger charge is -1.97. The van der Waals surface area contributed by atoms with Gasteiger partial charge in [-0.05, 0) is 6.92 Å². The Bertz CT molecular complexity index is 240. The second-order valence-electron chi connectivity index (χ2n) is 2.95. The van der Waals surface area contributed by atoms with Gasteiger partial charge in [-0.15, -0.1) is 0 Å². The molecule has 2 N–H and O–H groups in total. The third-order valence-corrected chi connectivity index (χ3v) is 2.03. The van der Waals surface area contributed by atoms with Gasteiger partial charge in [0.15, 0.2) is 11.9 Å². The van der Waals surface area contributed by atoms with Crippen molar-refractivity contribution in [2.75, 3.05) is 6.54 Å². The molecule has 0 saturated carbocycles. The minimum Gasteiger partial charge on any atom is -0.336 e. The normalized spacial score (nSPS) is 24.3. The van der Waals surface area contributed by atoms with Crippen LogP contribution in [0.15, 0.2) is 4.52 Å². The standard InChI is InChI=1S/C7H11N3O/c1-5-9-7(11-10-5)6-3-2-4-8-6/h6,8H,2-4H2,1H3/p+1/t6-/m0/s1. The maximum absolute atomic E-state index is 5.06. The maximum Gasteiger partial charge on any atom is 0.284 e. The molecule has 60 valence electrons. The average molecular weight is 154 g/mol. The van der Waals surface area contributed by atoms with E-state index in [0.29, 0.717) is 6.04 Å². The van der Waals surface area contributed by atoms with E-state index in [0.717, 1.165) is 11.7 Å². The number of hydrogen-bond acceptors (Lipinski definition) is 3. The third-order valence-electron chi connectivity index (χ3n) is 2.03. The summed E-state index contributed by atoms with van der Waals surface area (Å²) in [5.41, 5.74) is 0. The van der Waals surface area contributed by atoms with Crippen molar-refractivity contribution in [3.05, 3.63) is 11.7 Å². The van der Waals surface area contributed by atoms with E-state index in [4.69, 9.17) is 4.52 Å². The van der Waals surface area contributed by atoms with Crippen molar-refractivity contribution in [2.24, 2.45) is 0 Å². The number of nitrogens with two attached hydrogens (primary N) is 1. The summed E-state index contributed by atoms with van der Waals surface area (Å²) < 4.78 is 5.06. The molecule has 1 atom stereocenters. The van der Waals surface area contributed by atoms with Crippen LogP contribution >= 0.6 is 0 Å². The maximum atomic E-state index is 5.06. The zero-order valence-corrected chi connectivity index (χ0v) is 6.58. The molecule has 4 nitrogen and oxygen atoms in total. The Kier molecular flexibility index (Phi) is 1.62. The predicted molar refractivity (Wildman–Crippen MR) is 37.8 cm³/mol. The molecular formula is C7H12N3O+. The number of aryl methyl sites for hydroxylation is 1. The van der Waals surface area contributed by atoms with Crippen LogP contribution < -0.4 is 5.32 Å². The highest BCUT2D eigenvalue weighted by Gasteiger charge is 2.25. The molecule has 1 saturated heterocycles. The number of rotatable bonds is 1. The highest BCUT2D eigenvalue weighted by atomic mass is 16.5. The molecule has 1 aliphatic heterocycles. The van der Waals surface area contributed by atoms with Crippen molar-refractivity contribution in [3.8, 4) is 0 Å². The second-order valence-corrected chi connectivity index (χ2v) is 2.95. The lowest BCUT2D eigenvalue weighted by molar-refractivity contribution is -0.678. The molecule has 0 spiro atoms. The Morgan fingerprint density at radius 1 is 1.64 bits per heavy atom. The van der Waals surface area contributed by atoms with E-state index >= 15 is 0 Å². The van der Waals surface area contributed by atoms with Crippen LogP contribution in [0.3, 0.4) is 0 Å². The van der Waals surface area contributed by atoms with Crippen LogP contribution in [0, 0.1) is 6.92 Å². The molecule has 0 bridgehead atoms. The summed E-state index contributed by atoms with van der Waals surface area (Å²) in [6, 6.07) is 0.427. The Hall–Kier alpha value is -0.900. The van der Waals surface area contributed by atoms with Gasteiger partial charge in [0.25, 0.3) is 5.89 Å². The quantitative estimate of drug-likeness (QED) is 0.608. The van der Waals surface area contributed by atoms with Crippen LogP contribution in [0.5, 0.6) is 0 Å². The summed E-state index contributed by atoms with van der Waals surface area (Å²) in [4.78, 5) is 4.18. The summed E-state index contributed by atoms with van der Waals surface area (Å²) in [6.07, 6.45) is 2.42. The number of nitrogens with zero attached hydrogens (tertiary/aromatic N) is 2. The highest BCUT2D eigenvalue weighted by Crippen LogP contribution is 2.14. The van der Waals surface area contributed by atoms with Crippen molar-refractivity contribution < 1.29 is 9.84 Å². The largest absolute Gasteiger partial charge is 0.336 e. The van der Waals surface area contributed by atoms with Crippen molar-refractivity contribution >= 4 is 0 Å². The van der Waals surface area contributed by atoms with Crippen molar-refractivity contribution in [3.63, 3.8) is 0 Å². The first-order valence-electron chi connectivity index (χ1n) is 4.00. The average Bonchev–Trinajstić information content (AvgIpc) is 2.55. The highest BCUT2D eigenvalue weighted by molar-refractivity contribution is 4.87. The minimum absolute atomic E-state index is 0.427. The van der Waals surface area contributed by atoms with E-state index in [2.05, 4.69) is 15.5 Å². The fraction of sp³-hybridized carbons (Fsp3) is 0.714. The number of hydrogen-bond donors (Lipinski definition) is 1. The molecule has 2 rings (SSSR count). The first kappa shape index (κ1) is 6.79. The Balaban J connectivity index is 2.15. The van der Waals surface area contributed by atoms with Gasteiger partial charge in [0.2, 0.25) is 0 Å². The topological polar surface area (TPSA) is 55.5 Å². The predicted octanol–water partition coefficient (Wildman–Crippen LogP) is -0.224. The van der Waals surface area contributed by atoms with Gasteiger partial charge in [-0.25, -0.2) is 0 Å². The minimum atomic E-state index is 0.427. The summed E-state index contributed by atoms with van der Waals surface area (Å²) in [6.45, 7) is 3.04. The smallest absolute Gasteiger partial charge is 0.284 e. The van der Waals surface area contributed by atoms with Gasteiger partial charge >= 0.3 is 0 Å². The molecule has 0 aliphatic carbocycles. The fourth-order valence-corrected chi connectivity index (χ4v) is 1.46. The molecule has 1 aromatic rings. The van der Waals surface area contributed by atoms with Crippen LogP contribution in [0.4, 0.5) is 0 Å². The van der Waals surface area contributed by atoms with Crippen LogP contribution in [-0.4, -0.2) is 16.7 Å². The summed E-state index contributed by atoms with van der Waals surface area (Å²) in [5.74, 6) is 1.53. The molecule has 0 unspecified atom stereocenters. The number of quaternary nitrogens is 1. The van der Waals surface area contributed by atoms with Crippen molar-refractivity contribution in [1.29, 1.82) is 0 Å². The zero-order chi connectivity index (χ0) is 7.68. The molecule has 1 aliphatic rings. The molecule has 1 aromatic heterocycles. The van der Waals surface area contributed by atoms with Gasteiger partial charge in [-0.2, -0.15) is 4.98 Å². The van der Waals surface area contributed by atoms with Crippen molar-refractivity contribution in [2.45, 2.75) is 25.8 Å². The summed E-state index contributed by atoms with van der Waals surface area (Å²) in [7, 11) is 0. The van der Waals surface area contributed by atoms with E-state index in [1.54, 1.807) is 0 Å². The Morgan fingerprint density at radius 3 is 3.09 bits per heavy atom. The lowest BCUT2D eigenvalue weighted by atomic mass is 10.2. The van der Waals surface area contributed by atoms with Gasteiger partial charge in [0, 0.05) is 12.8 Å². The van der Waals surface area contributed by atoms with Gasteiger partial charge in [-0.1, -0.05) is 5.16 Å². The molecular weight excluding hydrogens is 142 g/mol. The first-order valence-corrected chi connectivity index (χ1v) is 4.00. The van der Waals surface area contributed by atoms with Gasteiger partial charge in [0.1, 0.15) is 0 Å². The van der Waals surface area contributed by atoms with Gasteiger partial charge < -0.3 is 9.84 Å². The van der Waals surface area contributed by atoms with Crippen LogP contribution in [0.2, 0.25) is 0 Å². The van der Waals surface area contributed by atoms with Crippen LogP contribution in [0.25, 0.3) is 0 Å². The summed E-state index contributed by atoms with van der Waals surface area (Å²) >= 11 is 0. The van der Waals surface area contributed by atoms with E-state index in [1.807, 2.05) is 6.92 Å². The van der Waals surface area contributed by atoms with E-state index in [-0.39, 0.29) is 0 Å². The molecule has 2 heterocycles. The van der Waals surface area contributed by atoms with Crippen LogP contribution in [-0.2, 0) is 0 Å². The fourth-order valence-electron chi connectivity index (χ4n) is 1.46. The van der Waals surface area contributed by atoms with E-state index in [1.165, 1.54) is 19.4 Å². The molecule has 11 heavy (non-hydrogen) atoms. The molecule has 4 heteroatoms. The van der Waals surface area contributed by atoms with E-state index < -0.39 is 0 Å². The third kappa shape index (κ3) is 1.26. The molecule has 0 radical (unpaired) electrons. The monoisotopic (exact) mass is 154 g/mol. The SMILES string of the molecule is Cc1noc([C@@H]2CCC[NH2+]2)n1. The van der Waals surface area contributed by atoms with Gasteiger partial charge in [0.05, 0.1) is 6.54 Å². The van der Waals surface area contributed by atoms with Crippen LogP contribution in [0.1, 0.15) is 30.6 Å². The number of aromatic nitrogens is 2. The first-order chi connectivity index (χ1) is 5.36. The van der Waals surface area contributed by atoms with Crippen molar-refractivity contribution in [1.82, 2.24) is 10.1 Å². The molecule has 0 aromatic carbocycles. The molecule has 1 fully saturated rings. The Morgan fingerprint density at radius 2 is 2.55 bits per heavy atom. The molecule has 0 amide bonds. The lowest BCUT2D eigenvalue weighted by Crippen LogP contribution is -2.81. The Labute approximate surface area is 65.0 Å². The van der Waals surface area contributed by atoms with E-state index in [9.17, 15) is 0 Å². The zero-order valence-electron chi connectivity index (χ0n) is 6.58.